The van der Waals surface area contributed by atoms with Gasteiger partial charge < -0.3 is 10.2 Å². The van der Waals surface area contributed by atoms with Crippen molar-refractivity contribution in [2.24, 2.45) is 0 Å². The lowest BCUT2D eigenvalue weighted by atomic mass is 10.1. The Morgan fingerprint density at radius 1 is 1.04 bits per heavy atom. The van der Waals surface area contributed by atoms with E-state index >= 15 is 0 Å². The van der Waals surface area contributed by atoms with Gasteiger partial charge in [-0.25, -0.2) is 0 Å². The van der Waals surface area contributed by atoms with Crippen LogP contribution in [0.5, 0.6) is 0 Å². The lowest BCUT2D eigenvalue weighted by Crippen LogP contribution is -2.38. The van der Waals surface area contributed by atoms with Gasteiger partial charge in [-0.1, -0.05) is 56.0 Å². The molecule has 2 amide bonds. The average Bonchev–Trinajstić information content (AvgIpc) is 2.84. The molecule has 2 rings (SSSR count). The van der Waals surface area contributed by atoms with Gasteiger partial charge in [0.05, 0.1) is 0 Å². The van der Waals surface area contributed by atoms with Crippen molar-refractivity contribution in [3.63, 3.8) is 0 Å². The van der Waals surface area contributed by atoms with Crippen LogP contribution in [0.1, 0.15) is 57.4 Å². The molecule has 0 atom stereocenters. The van der Waals surface area contributed by atoms with Gasteiger partial charge in [0.15, 0.2) is 0 Å². The number of hydrogen-bond acceptors (Lipinski definition) is 2. The van der Waals surface area contributed by atoms with Gasteiger partial charge in [0.1, 0.15) is 0 Å². The van der Waals surface area contributed by atoms with Gasteiger partial charge in [-0.2, -0.15) is 0 Å². The van der Waals surface area contributed by atoms with Crippen molar-refractivity contribution in [3.8, 4) is 0 Å². The first-order chi connectivity index (χ1) is 11.6. The molecule has 0 aliphatic heterocycles. The highest BCUT2D eigenvalue weighted by Crippen LogP contribution is 2.17. The number of benzene rings is 1. The minimum atomic E-state index is 0.0354. The summed E-state index contributed by atoms with van der Waals surface area (Å²) in [5, 5.41) is 3.15. The number of amides is 2. The van der Waals surface area contributed by atoms with E-state index in [-0.39, 0.29) is 11.8 Å². The van der Waals surface area contributed by atoms with E-state index in [1.54, 1.807) is 11.8 Å². The summed E-state index contributed by atoms with van der Waals surface area (Å²) in [5.74, 6) is 0.112. The topological polar surface area (TPSA) is 49.4 Å². The molecule has 0 bridgehead atoms. The lowest BCUT2D eigenvalue weighted by Gasteiger charge is -2.22. The van der Waals surface area contributed by atoms with Gasteiger partial charge in [0, 0.05) is 32.5 Å². The van der Waals surface area contributed by atoms with Crippen molar-refractivity contribution in [1.82, 2.24) is 10.2 Å². The number of carbonyl (C=O) groups is 2. The fourth-order valence-electron chi connectivity index (χ4n) is 3.30. The molecule has 0 saturated heterocycles. The van der Waals surface area contributed by atoms with E-state index in [1.807, 2.05) is 18.2 Å². The third kappa shape index (κ3) is 6.73. The molecule has 4 nitrogen and oxygen atoms in total. The summed E-state index contributed by atoms with van der Waals surface area (Å²) in [6, 6.07) is 10.5. The SMILES string of the molecule is CC(=O)N(CCC(=O)NC1CCCCCC1)CCc1ccccc1. The predicted octanol–water partition coefficient (Wildman–Crippen LogP) is 3.31. The van der Waals surface area contributed by atoms with Gasteiger partial charge in [0.25, 0.3) is 0 Å². The smallest absolute Gasteiger partial charge is 0.221 e. The van der Waals surface area contributed by atoms with Crippen molar-refractivity contribution in [1.29, 1.82) is 0 Å². The first-order valence-electron chi connectivity index (χ1n) is 9.24. The number of nitrogens with zero attached hydrogens (tertiary/aromatic N) is 1. The molecule has 0 heterocycles. The number of carbonyl (C=O) groups excluding carboxylic acids is 2. The minimum absolute atomic E-state index is 0.0354. The Morgan fingerprint density at radius 2 is 1.71 bits per heavy atom. The maximum atomic E-state index is 12.2. The molecule has 1 aliphatic rings. The second-order valence-corrected chi connectivity index (χ2v) is 6.75. The Bertz CT molecular complexity index is 508. The summed E-state index contributed by atoms with van der Waals surface area (Å²) in [4.78, 5) is 25.8. The summed E-state index contributed by atoms with van der Waals surface area (Å²) in [6.07, 6.45) is 8.39. The molecule has 24 heavy (non-hydrogen) atoms. The van der Waals surface area contributed by atoms with E-state index in [2.05, 4.69) is 17.4 Å². The molecule has 1 aromatic rings. The minimum Gasteiger partial charge on any atom is -0.353 e. The molecular weight excluding hydrogens is 300 g/mol. The standard InChI is InChI=1S/C20H30N2O2/c1-17(23)22(15-13-18-9-5-4-6-10-18)16-14-20(24)21-19-11-7-2-3-8-12-19/h4-6,9-10,19H,2-3,7-8,11-16H2,1H3,(H,21,24). The molecule has 1 saturated carbocycles. The summed E-state index contributed by atoms with van der Waals surface area (Å²) in [5.41, 5.74) is 1.21. The highest BCUT2D eigenvalue weighted by molar-refractivity contribution is 5.78. The monoisotopic (exact) mass is 330 g/mol. The maximum absolute atomic E-state index is 12.2. The third-order valence-electron chi connectivity index (χ3n) is 4.79. The van der Waals surface area contributed by atoms with Crippen molar-refractivity contribution < 1.29 is 9.59 Å². The third-order valence-corrected chi connectivity index (χ3v) is 4.79. The first-order valence-corrected chi connectivity index (χ1v) is 9.24. The average molecular weight is 330 g/mol. The molecule has 0 unspecified atom stereocenters. The molecule has 1 N–H and O–H groups in total. The molecule has 0 radical (unpaired) electrons. The molecule has 4 heteroatoms. The van der Waals surface area contributed by atoms with Crippen LogP contribution in [-0.2, 0) is 16.0 Å². The second-order valence-electron chi connectivity index (χ2n) is 6.75. The molecular formula is C20H30N2O2. The van der Waals surface area contributed by atoms with Crippen molar-refractivity contribution in [2.45, 2.75) is 64.3 Å². The quantitative estimate of drug-likeness (QED) is 0.780. The predicted molar refractivity (Wildman–Crippen MR) is 96.6 cm³/mol. The Balaban J connectivity index is 1.73. The fourth-order valence-corrected chi connectivity index (χ4v) is 3.30. The summed E-state index contributed by atoms with van der Waals surface area (Å²) in [7, 11) is 0. The molecule has 1 fully saturated rings. The number of hydrogen-bond donors (Lipinski definition) is 1. The molecule has 132 valence electrons. The molecule has 1 aromatic carbocycles. The Labute approximate surface area is 145 Å². The van der Waals surface area contributed by atoms with Crippen LogP contribution in [-0.4, -0.2) is 35.8 Å². The normalized spacial score (nSPS) is 15.5. The number of rotatable bonds is 7. The van der Waals surface area contributed by atoms with Crippen LogP contribution >= 0.6 is 0 Å². The Hall–Kier alpha value is -1.84. The lowest BCUT2D eigenvalue weighted by molar-refractivity contribution is -0.129. The Morgan fingerprint density at radius 3 is 2.33 bits per heavy atom. The van der Waals surface area contributed by atoms with E-state index in [9.17, 15) is 9.59 Å². The Kier molecular flexibility index (Phi) is 7.80. The zero-order valence-corrected chi connectivity index (χ0v) is 14.8. The van der Waals surface area contributed by atoms with Crippen LogP contribution in [0.4, 0.5) is 0 Å². The van der Waals surface area contributed by atoms with E-state index in [4.69, 9.17) is 0 Å². The van der Waals surface area contributed by atoms with E-state index in [0.29, 0.717) is 25.6 Å². The highest BCUT2D eigenvalue weighted by atomic mass is 16.2. The molecule has 0 aromatic heterocycles. The summed E-state index contributed by atoms with van der Waals surface area (Å²) < 4.78 is 0. The second kappa shape index (κ2) is 10.1. The molecule has 0 spiro atoms. The highest BCUT2D eigenvalue weighted by Gasteiger charge is 2.16. The van der Waals surface area contributed by atoms with Crippen LogP contribution < -0.4 is 5.32 Å². The zero-order valence-electron chi connectivity index (χ0n) is 14.8. The first kappa shape index (κ1) is 18.5. The van der Waals surface area contributed by atoms with Gasteiger partial charge in [-0.3, -0.25) is 9.59 Å². The zero-order chi connectivity index (χ0) is 17.2. The van der Waals surface area contributed by atoms with Crippen LogP contribution in [0.3, 0.4) is 0 Å². The van der Waals surface area contributed by atoms with Gasteiger partial charge in [-0.15, -0.1) is 0 Å². The van der Waals surface area contributed by atoms with Crippen molar-refractivity contribution in [2.75, 3.05) is 13.1 Å². The van der Waals surface area contributed by atoms with Gasteiger partial charge >= 0.3 is 0 Å². The summed E-state index contributed by atoms with van der Waals surface area (Å²) >= 11 is 0. The van der Waals surface area contributed by atoms with Crippen molar-refractivity contribution >= 4 is 11.8 Å². The maximum Gasteiger partial charge on any atom is 0.221 e. The van der Waals surface area contributed by atoms with E-state index in [0.717, 1.165) is 19.3 Å². The van der Waals surface area contributed by atoms with Crippen LogP contribution in [0.25, 0.3) is 0 Å². The molecule has 1 aliphatic carbocycles. The van der Waals surface area contributed by atoms with Crippen LogP contribution in [0, 0.1) is 0 Å². The van der Waals surface area contributed by atoms with Crippen LogP contribution in [0.15, 0.2) is 30.3 Å². The van der Waals surface area contributed by atoms with Gasteiger partial charge in [0.2, 0.25) is 11.8 Å². The van der Waals surface area contributed by atoms with Crippen molar-refractivity contribution in [3.05, 3.63) is 35.9 Å². The summed E-state index contributed by atoms with van der Waals surface area (Å²) in [6.45, 7) is 2.74. The van der Waals surface area contributed by atoms with Gasteiger partial charge in [-0.05, 0) is 24.8 Å². The van der Waals surface area contributed by atoms with E-state index in [1.165, 1.54) is 31.2 Å². The number of nitrogens with one attached hydrogen (secondary N) is 1. The largest absolute Gasteiger partial charge is 0.353 e. The van der Waals surface area contributed by atoms with Crippen LogP contribution in [0.2, 0.25) is 0 Å². The van der Waals surface area contributed by atoms with E-state index < -0.39 is 0 Å². The fraction of sp³-hybridized carbons (Fsp3) is 0.600.